The van der Waals surface area contributed by atoms with Crippen LogP contribution in [0.25, 0.3) is 0 Å². The average molecular weight is 1920 g/mol. The van der Waals surface area contributed by atoms with E-state index >= 15 is 0 Å². The zero-order valence-corrected chi connectivity index (χ0v) is 81.0. The van der Waals surface area contributed by atoms with Gasteiger partial charge >= 0.3 is 71.6 Å². The lowest BCUT2D eigenvalue weighted by atomic mass is 9.50. The smallest absolute Gasteiger partial charge is 0.347 e. The lowest BCUT2D eigenvalue weighted by molar-refractivity contribution is -0.264. The van der Waals surface area contributed by atoms with Crippen LogP contribution in [0.5, 0.6) is 0 Å². The normalized spacial score (nSPS) is 36.2. The van der Waals surface area contributed by atoms with Crippen molar-refractivity contribution in [2.45, 2.75) is 455 Å². The van der Waals surface area contributed by atoms with Crippen molar-refractivity contribution in [1.29, 1.82) is 0 Å². The van der Waals surface area contributed by atoms with Gasteiger partial charge in [-0.3, -0.25) is 52.7 Å². The second kappa shape index (κ2) is 50.4. The highest BCUT2D eigenvalue weighted by molar-refractivity contribution is 5.96. The first-order valence-corrected chi connectivity index (χ1v) is 48.0. The summed E-state index contributed by atoms with van der Waals surface area (Å²) in [7, 11) is 0. The van der Waals surface area contributed by atoms with E-state index < -0.39 is 63.0 Å². The van der Waals surface area contributed by atoms with Crippen molar-refractivity contribution >= 4 is 71.6 Å². The summed E-state index contributed by atoms with van der Waals surface area (Å²) in [5.74, 6) is 10.0. The van der Waals surface area contributed by atoms with Crippen molar-refractivity contribution < 1.29 is 120 Å². The van der Waals surface area contributed by atoms with E-state index in [-0.39, 0.29) is 198 Å². The quantitative estimate of drug-likeness (QED) is 0.0593. The molecule has 4 saturated heterocycles. The Morgan fingerprint density at radius 2 is 0.933 bits per heavy atom. The summed E-state index contributed by atoms with van der Waals surface area (Å²) in [6, 6.07) is 0. The van der Waals surface area contributed by atoms with Gasteiger partial charge in [-0.25, -0.2) is 4.79 Å². The van der Waals surface area contributed by atoms with Crippen LogP contribution in [0.2, 0.25) is 0 Å². The Labute approximate surface area is 819 Å². The van der Waals surface area contributed by atoms with Crippen molar-refractivity contribution in [3.05, 3.63) is 0 Å². The number of hydrogen-bond acceptors (Lipinski definition) is 24. The fraction of sp³-hybridized carbons (Fsp3) is 0.891. The van der Waals surface area contributed by atoms with Crippen molar-refractivity contribution in [2.75, 3.05) is 13.2 Å². The maximum Gasteiger partial charge on any atom is 0.347 e. The van der Waals surface area contributed by atoms with Crippen LogP contribution in [0.15, 0.2) is 0 Å². The van der Waals surface area contributed by atoms with E-state index in [0.29, 0.717) is 93.2 Å². The van der Waals surface area contributed by atoms with E-state index in [1.165, 1.54) is 51.9 Å². The molecular formula is C110H200O25. The summed E-state index contributed by atoms with van der Waals surface area (Å²) in [6.07, 6.45) is 19.5. The van der Waals surface area contributed by atoms with E-state index in [0.717, 1.165) is 117 Å². The summed E-state index contributed by atoms with van der Waals surface area (Å²) in [6.45, 7) is 53.0. The number of esters is 11. The maximum absolute atomic E-state index is 12.4. The molecule has 0 aromatic heterocycles. The van der Waals surface area contributed by atoms with Crippen LogP contribution >= 0.6 is 0 Å². The van der Waals surface area contributed by atoms with E-state index in [9.17, 15) is 67.7 Å². The number of fused-ring (bicyclic) bond motifs is 17. The summed E-state index contributed by atoms with van der Waals surface area (Å²) >= 11 is 0. The monoisotopic (exact) mass is 1920 g/mol. The molecule has 18 aliphatic rings. The standard InChI is InChI=1S/C18H28O2.C16H26O4.C14H24O2.C13H18O4.C11H16O2.C10H16O4.C6H8O3.2C6H12O2.10CH4/c1-4-18(2,3)17(19)20-14-9-12-8-13(14)16-11-6-5-10(7-11)15(12)16;1-4-13(2,3)12(17)20-16-7-11-5-14(18,9-16)8-15(19,6-11)10-16;1-8-9(2)11-6-10(8)7-12(11)13(15)16-14(3,4)5;1-3-6(2)12(14)16-10-7-4-8-9(5-7)13(15)17-11(8)10;1-5-6(2)8-3-7(5)9-4-13-11(12)10(8)9;1-4-10(2,3)9(12)14-7-5-6-13-8(7)11;1-3-4(2)6(8)9-5(3)7;1-5(7)8-6(2,3)4;1-4-6(2,3)5(7)8;;;;;;;;;;/h10-16H,4-9H2,1-3H3;11,18-19H,4-10H2,1-3H3;8-12H,6-7H2,1-5H3;6-11H,3-5H2,1-2H3;5-10H,3-4H2,1-2H3;7H,4-6H2,1-3H3;3-4H,1-2H3;1-4H3;4H2,1-3H3,(H,7,8);10*1H4. The molecule has 0 amide bonds. The molecule has 4 aliphatic heterocycles. The SMILES string of the molecule is C.C.C.C.C.C.C.C.C.C.CC(=O)OC(C)(C)C.CC1C(=O)OC(=O)C1C.CC1C(C)C2CC1C1COC(=O)C21.CC1C2CC(C(=O)OC(C)(C)C)C(C2)C1C.CCC(C)(C)C(=O)O.CCC(C)(C)C(=O)OC12CC3CC(O)(CC(O)(C3)C1)C2.CCC(C)(C)C(=O)OC1CC2CC1C1C3CCC(C3)C21.CCC(C)(C)C(=O)OC1CCOC1=O.CCC(C)C(=O)OC1C2CC3C(=O)OC1C3C2. The Morgan fingerprint density at radius 1 is 0.452 bits per heavy atom. The van der Waals surface area contributed by atoms with Crippen molar-refractivity contribution in [3.63, 3.8) is 0 Å². The molecule has 29 unspecified atom stereocenters. The van der Waals surface area contributed by atoms with Gasteiger partial charge in [-0.05, 0) is 301 Å². The lowest BCUT2D eigenvalue weighted by Crippen LogP contribution is -2.67. The molecule has 14 bridgehead atoms. The third-order valence-electron chi connectivity index (χ3n) is 33.4. The predicted octanol–water partition coefficient (Wildman–Crippen LogP) is 23.5. The minimum Gasteiger partial charge on any atom is -0.481 e. The molecule has 135 heavy (non-hydrogen) atoms. The van der Waals surface area contributed by atoms with Crippen LogP contribution in [0.3, 0.4) is 0 Å². The topological polar surface area (TPSA) is 358 Å². The second-order valence-corrected chi connectivity index (χ2v) is 46.0. The lowest BCUT2D eigenvalue weighted by Gasteiger charge is -2.62. The number of carbonyl (C=O) groups excluding carboxylic acids is 11. The number of aliphatic carboxylic acids is 1. The fourth-order valence-electron chi connectivity index (χ4n) is 24.3. The van der Waals surface area contributed by atoms with Crippen LogP contribution in [-0.4, -0.2) is 153 Å². The average Bonchev–Trinajstić information content (AvgIpc) is 1.65. The molecule has 0 aromatic carbocycles. The number of hydrogen-bond donors (Lipinski definition) is 3. The first-order chi connectivity index (χ1) is 57.7. The summed E-state index contributed by atoms with van der Waals surface area (Å²) in [5, 5.41) is 29.8. The Balaban J connectivity index is 0. The summed E-state index contributed by atoms with van der Waals surface area (Å²) < 4.78 is 52.3. The van der Waals surface area contributed by atoms with E-state index in [1.807, 2.05) is 104 Å². The van der Waals surface area contributed by atoms with E-state index in [4.69, 9.17) is 47.7 Å². The molecule has 18 rings (SSSR count). The first-order valence-electron chi connectivity index (χ1n) is 48.0. The predicted molar refractivity (Wildman–Crippen MR) is 532 cm³/mol. The number of carbonyl (C=O) groups is 12. The van der Waals surface area contributed by atoms with Crippen LogP contribution in [0.1, 0.15) is 402 Å². The summed E-state index contributed by atoms with van der Waals surface area (Å²) in [4.78, 5) is 136. The first kappa shape index (κ1) is 131. The number of ether oxygens (including phenoxy) is 10. The number of carboxylic acid groups (broad SMARTS) is 1. The van der Waals surface area contributed by atoms with Gasteiger partial charge in [0, 0.05) is 50.4 Å². The third-order valence-corrected chi connectivity index (χ3v) is 33.4. The Morgan fingerprint density at radius 3 is 1.36 bits per heavy atom. The number of cyclic esters (lactones) is 4. The molecule has 18 fully saturated rings. The van der Waals surface area contributed by atoms with Crippen molar-refractivity contribution in [1.82, 2.24) is 0 Å². The van der Waals surface area contributed by atoms with Crippen LogP contribution < -0.4 is 0 Å². The molecule has 0 radical (unpaired) electrons. The molecule has 29 atom stereocenters. The summed E-state index contributed by atoms with van der Waals surface area (Å²) in [5.41, 5.74) is -4.88. The second-order valence-electron chi connectivity index (χ2n) is 46.0. The van der Waals surface area contributed by atoms with Gasteiger partial charge in [-0.1, -0.05) is 157 Å². The molecule has 0 spiro atoms. The molecule has 14 aliphatic carbocycles. The fourth-order valence-corrected chi connectivity index (χ4v) is 24.3. The minimum atomic E-state index is -0.842. The zero-order valence-electron chi connectivity index (χ0n) is 81.0. The molecule has 25 nitrogen and oxygen atoms in total. The Kier molecular flexibility index (Phi) is 48.9. The minimum absolute atomic E-state index is 0. The molecular weight excluding hydrogens is 1720 g/mol. The molecule has 14 saturated carbocycles. The van der Waals surface area contributed by atoms with Gasteiger partial charge in [0.05, 0.1) is 81.6 Å². The van der Waals surface area contributed by atoms with E-state index in [2.05, 4.69) is 39.4 Å². The molecule has 25 heteroatoms. The van der Waals surface area contributed by atoms with Crippen LogP contribution in [0.4, 0.5) is 0 Å². The largest absolute Gasteiger partial charge is 0.481 e. The third kappa shape index (κ3) is 29.9. The van der Waals surface area contributed by atoms with Crippen molar-refractivity contribution in [2.24, 2.45) is 164 Å². The maximum atomic E-state index is 12.4. The van der Waals surface area contributed by atoms with Gasteiger partial charge in [-0.2, -0.15) is 0 Å². The van der Waals surface area contributed by atoms with Gasteiger partial charge in [0.15, 0.2) is 0 Å². The number of aliphatic hydroxyl groups is 2. The van der Waals surface area contributed by atoms with Crippen LogP contribution in [-0.2, 0) is 105 Å². The number of carboxylic acids is 1. The Hall–Kier alpha value is -6.24. The van der Waals surface area contributed by atoms with Gasteiger partial charge in [0.25, 0.3) is 0 Å². The highest BCUT2D eigenvalue weighted by atomic mass is 16.6. The number of rotatable bonds is 15. The van der Waals surface area contributed by atoms with Crippen LogP contribution in [0, 0.1) is 164 Å². The van der Waals surface area contributed by atoms with Gasteiger partial charge in [0.2, 0.25) is 6.10 Å². The van der Waals surface area contributed by atoms with E-state index in [1.54, 1.807) is 41.5 Å². The van der Waals surface area contributed by atoms with Gasteiger partial charge in [0.1, 0.15) is 35.1 Å². The Bertz CT molecular complexity index is 3840. The van der Waals surface area contributed by atoms with Gasteiger partial charge < -0.3 is 62.7 Å². The molecule has 4 heterocycles. The molecule has 0 aromatic rings. The highest BCUT2D eigenvalue weighted by Gasteiger charge is 2.68. The molecule has 790 valence electrons. The molecule has 3 N–H and O–H groups in total. The zero-order chi connectivity index (χ0) is 93.6. The van der Waals surface area contributed by atoms with Crippen molar-refractivity contribution in [3.8, 4) is 0 Å². The highest BCUT2D eigenvalue weighted by Crippen LogP contribution is 2.69. The van der Waals surface area contributed by atoms with Gasteiger partial charge in [-0.15, -0.1) is 0 Å².